The highest BCUT2D eigenvalue weighted by atomic mass is 32.2. The Morgan fingerprint density at radius 3 is 2.85 bits per heavy atom. The van der Waals surface area contributed by atoms with E-state index in [-0.39, 0.29) is 16.6 Å². The Labute approximate surface area is 154 Å². The number of rotatable bonds is 2. The number of pyridine rings is 1. The SMILES string of the molecule is Cc1cc(O)c(C2=Nc3ccccc3SC(c3cccnc3)C2)c(=O)o1. The lowest BCUT2D eigenvalue weighted by Crippen LogP contribution is -2.17. The molecule has 1 aliphatic heterocycles. The summed E-state index contributed by atoms with van der Waals surface area (Å²) in [5, 5.41) is 10.4. The first-order valence-corrected chi connectivity index (χ1v) is 9.07. The van der Waals surface area contributed by atoms with Gasteiger partial charge in [0.2, 0.25) is 0 Å². The Kier molecular flexibility index (Phi) is 4.34. The smallest absolute Gasteiger partial charge is 0.348 e. The fourth-order valence-corrected chi connectivity index (χ4v) is 4.20. The number of nitrogens with zero attached hydrogens (tertiary/aromatic N) is 2. The van der Waals surface area contributed by atoms with E-state index in [0.717, 1.165) is 16.1 Å². The summed E-state index contributed by atoms with van der Waals surface area (Å²) < 4.78 is 5.20. The normalized spacial score (nSPS) is 16.5. The van der Waals surface area contributed by atoms with Crippen LogP contribution >= 0.6 is 11.8 Å². The van der Waals surface area contributed by atoms with Gasteiger partial charge in [-0.05, 0) is 30.7 Å². The van der Waals surface area contributed by atoms with Crippen LogP contribution < -0.4 is 5.63 Å². The van der Waals surface area contributed by atoms with Gasteiger partial charge in [-0.25, -0.2) is 4.79 Å². The first kappa shape index (κ1) is 16.6. The van der Waals surface area contributed by atoms with Crippen molar-refractivity contribution < 1.29 is 9.52 Å². The molecule has 5 nitrogen and oxygen atoms in total. The molecule has 4 rings (SSSR count). The second-order valence-corrected chi connectivity index (χ2v) is 7.27. The molecule has 0 spiro atoms. The van der Waals surface area contributed by atoms with E-state index in [1.165, 1.54) is 6.07 Å². The molecular weight excluding hydrogens is 348 g/mol. The van der Waals surface area contributed by atoms with Crippen molar-refractivity contribution in [3.8, 4) is 5.75 Å². The summed E-state index contributed by atoms with van der Waals surface area (Å²) in [5.74, 6) is 0.260. The van der Waals surface area contributed by atoms with Gasteiger partial charge in [0.25, 0.3) is 0 Å². The van der Waals surface area contributed by atoms with Gasteiger partial charge < -0.3 is 9.52 Å². The molecule has 2 aromatic heterocycles. The molecule has 130 valence electrons. The van der Waals surface area contributed by atoms with Crippen LogP contribution in [0.4, 0.5) is 5.69 Å². The third-order valence-electron chi connectivity index (χ3n) is 4.17. The van der Waals surface area contributed by atoms with Gasteiger partial charge in [-0.15, -0.1) is 11.8 Å². The van der Waals surface area contributed by atoms with Crippen LogP contribution in [0.5, 0.6) is 5.75 Å². The second-order valence-electron chi connectivity index (χ2n) is 6.03. The monoisotopic (exact) mass is 364 g/mol. The van der Waals surface area contributed by atoms with Crippen LogP contribution in [0.2, 0.25) is 0 Å². The van der Waals surface area contributed by atoms with Gasteiger partial charge in [0.1, 0.15) is 17.1 Å². The maximum atomic E-state index is 12.4. The van der Waals surface area contributed by atoms with E-state index in [1.807, 2.05) is 42.6 Å². The van der Waals surface area contributed by atoms with Crippen LogP contribution in [-0.2, 0) is 0 Å². The van der Waals surface area contributed by atoms with Crippen molar-refractivity contribution in [1.82, 2.24) is 4.98 Å². The fraction of sp³-hybridized carbons (Fsp3) is 0.150. The van der Waals surface area contributed by atoms with E-state index < -0.39 is 5.63 Å². The molecule has 1 atom stereocenters. The summed E-state index contributed by atoms with van der Waals surface area (Å²) in [5.41, 5.74) is 1.89. The fourth-order valence-electron chi connectivity index (χ4n) is 2.98. The molecule has 26 heavy (non-hydrogen) atoms. The summed E-state index contributed by atoms with van der Waals surface area (Å²) in [6, 6.07) is 13.1. The molecule has 0 radical (unpaired) electrons. The highest BCUT2D eigenvalue weighted by molar-refractivity contribution is 7.99. The van der Waals surface area contributed by atoms with Crippen molar-refractivity contribution in [2.24, 2.45) is 4.99 Å². The van der Waals surface area contributed by atoms with Crippen LogP contribution in [0.25, 0.3) is 0 Å². The number of benzene rings is 1. The lowest BCUT2D eigenvalue weighted by atomic mass is 10.0. The zero-order valence-corrected chi connectivity index (χ0v) is 14.9. The molecule has 1 N–H and O–H groups in total. The largest absolute Gasteiger partial charge is 0.507 e. The van der Waals surface area contributed by atoms with Crippen LogP contribution in [-0.4, -0.2) is 15.8 Å². The molecule has 0 amide bonds. The lowest BCUT2D eigenvalue weighted by molar-refractivity contribution is 0.432. The molecule has 1 aromatic carbocycles. The molecule has 0 fully saturated rings. The Hall–Kier alpha value is -2.86. The molecule has 0 saturated carbocycles. The number of aromatic hydroxyl groups is 1. The number of aromatic nitrogens is 1. The molecule has 6 heteroatoms. The van der Waals surface area contributed by atoms with E-state index in [4.69, 9.17) is 9.41 Å². The summed E-state index contributed by atoms with van der Waals surface area (Å²) in [6.07, 6.45) is 4.03. The van der Waals surface area contributed by atoms with E-state index in [1.54, 1.807) is 24.9 Å². The van der Waals surface area contributed by atoms with Crippen molar-refractivity contribution in [3.63, 3.8) is 0 Å². The predicted molar refractivity (Wildman–Crippen MR) is 101 cm³/mol. The van der Waals surface area contributed by atoms with Crippen LogP contribution in [0.1, 0.15) is 28.6 Å². The Balaban J connectivity index is 1.88. The van der Waals surface area contributed by atoms with E-state index in [2.05, 4.69) is 4.98 Å². The van der Waals surface area contributed by atoms with E-state index in [0.29, 0.717) is 17.9 Å². The topological polar surface area (TPSA) is 75.7 Å². The van der Waals surface area contributed by atoms with Crippen molar-refractivity contribution >= 4 is 23.2 Å². The first-order valence-electron chi connectivity index (χ1n) is 8.19. The van der Waals surface area contributed by atoms with Crippen molar-refractivity contribution in [3.05, 3.63) is 82.2 Å². The highest BCUT2D eigenvalue weighted by Gasteiger charge is 2.26. The zero-order chi connectivity index (χ0) is 18.1. The molecule has 0 aliphatic carbocycles. The first-order chi connectivity index (χ1) is 12.6. The average Bonchev–Trinajstić information content (AvgIpc) is 2.81. The average molecular weight is 364 g/mol. The highest BCUT2D eigenvalue weighted by Crippen LogP contribution is 2.45. The predicted octanol–water partition coefficient (Wildman–Crippen LogP) is 4.41. The minimum Gasteiger partial charge on any atom is -0.507 e. The van der Waals surface area contributed by atoms with E-state index >= 15 is 0 Å². The van der Waals surface area contributed by atoms with Gasteiger partial charge in [0, 0.05) is 35.0 Å². The number of aliphatic imine (C=N–C) groups is 1. The van der Waals surface area contributed by atoms with Gasteiger partial charge >= 0.3 is 5.63 Å². The minimum absolute atomic E-state index is 0.0196. The number of para-hydroxylation sites is 1. The zero-order valence-electron chi connectivity index (χ0n) is 14.0. The van der Waals surface area contributed by atoms with Crippen LogP contribution in [0, 0.1) is 6.92 Å². The number of hydrogen-bond donors (Lipinski definition) is 1. The molecule has 0 saturated heterocycles. The maximum absolute atomic E-state index is 12.4. The summed E-state index contributed by atoms with van der Waals surface area (Å²) in [7, 11) is 0. The lowest BCUT2D eigenvalue weighted by Gasteiger charge is -2.15. The van der Waals surface area contributed by atoms with Crippen molar-refractivity contribution in [2.45, 2.75) is 23.5 Å². The van der Waals surface area contributed by atoms with E-state index in [9.17, 15) is 9.90 Å². The van der Waals surface area contributed by atoms with Gasteiger partial charge in [-0.1, -0.05) is 18.2 Å². The summed E-state index contributed by atoms with van der Waals surface area (Å²) in [4.78, 5) is 22.3. The Morgan fingerprint density at radius 2 is 2.08 bits per heavy atom. The van der Waals surface area contributed by atoms with Gasteiger partial charge in [0.15, 0.2) is 0 Å². The molecular formula is C20H16N2O3S. The van der Waals surface area contributed by atoms with Crippen molar-refractivity contribution in [1.29, 1.82) is 0 Å². The number of aryl methyl sites for hydroxylation is 1. The Bertz CT molecular complexity index is 1040. The minimum atomic E-state index is -0.574. The van der Waals surface area contributed by atoms with Gasteiger partial charge in [0.05, 0.1) is 11.4 Å². The molecule has 1 unspecified atom stereocenters. The van der Waals surface area contributed by atoms with Gasteiger partial charge in [-0.3, -0.25) is 9.98 Å². The van der Waals surface area contributed by atoms with Crippen molar-refractivity contribution in [2.75, 3.05) is 0 Å². The standard InChI is InChI=1S/C20H16N2O3S/c1-12-9-16(23)19(20(24)25-12)15-10-18(13-5-4-8-21-11-13)26-17-7-3-2-6-14(17)22-15/h2-9,11,18,23H,10H2,1H3. The number of hydrogen-bond acceptors (Lipinski definition) is 6. The third kappa shape index (κ3) is 3.15. The van der Waals surface area contributed by atoms with Gasteiger partial charge in [-0.2, -0.15) is 0 Å². The molecule has 3 heterocycles. The second kappa shape index (κ2) is 6.80. The number of thioether (sulfide) groups is 1. The number of fused-ring (bicyclic) bond motifs is 1. The third-order valence-corrected chi connectivity index (χ3v) is 5.49. The Morgan fingerprint density at radius 1 is 1.23 bits per heavy atom. The quantitative estimate of drug-likeness (QED) is 0.729. The van der Waals surface area contributed by atoms with Crippen LogP contribution in [0.3, 0.4) is 0 Å². The molecule has 3 aromatic rings. The summed E-state index contributed by atoms with van der Waals surface area (Å²) >= 11 is 1.68. The maximum Gasteiger partial charge on any atom is 0.348 e. The van der Waals surface area contributed by atoms with Crippen LogP contribution in [0.15, 0.2) is 74.0 Å². The molecule has 1 aliphatic rings. The summed E-state index contributed by atoms with van der Waals surface area (Å²) in [6.45, 7) is 1.63. The molecule has 0 bridgehead atoms.